The zero-order valence-electron chi connectivity index (χ0n) is 16.0. The molecule has 0 radical (unpaired) electrons. The molecule has 1 fully saturated rings. The van der Waals surface area contributed by atoms with E-state index in [-0.39, 0.29) is 17.9 Å². The number of esters is 1. The van der Waals surface area contributed by atoms with E-state index < -0.39 is 17.1 Å². The molecule has 2 aliphatic heterocycles. The van der Waals surface area contributed by atoms with Gasteiger partial charge in [-0.25, -0.2) is 4.79 Å². The van der Waals surface area contributed by atoms with E-state index in [1.165, 1.54) is 6.92 Å². The molecule has 0 spiro atoms. The first-order chi connectivity index (χ1) is 12.0. The molecule has 1 saturated heterocycles. The molecule has 8 heteroatoms. The van der Waals surface area contributed by atoms with Gasteiger partial charge >= 0.3 is 12.1 Å². The number of carbonyl (C=O) groups is 3. The number of allylic oxidation sites excluding steroid dienone is 2. The monoisotopic (exact) mass is 365 g/mol. The van der Waals surface area contributed by atoms with Gasteiger partial charge in [-0.2, -0.15) is 0 Å². The van der Waals surface area contributed by atoms with Crippen molar-refractivity contribution in [1.29, 1.82) is 0 Å². The fraction of sp³-hybridized carbons (Fsp3) is 0.611. The summed E-state index contributed by atoms with van der Waals surface area (Å²) in [6.45, 7) is 10.1. The first-order valence-corrected chi connectivity index (χ1v) is 8.64. The topological polar surface area (TPSA) is 88.2 Å². The van der Waals surface area contributed by atoms with Crippen LogP contribution < -0.4 is 5.32 Å². The second kappa shape index (κ2) is 7.39. The molecular weight excluding hydrogens is 338 g/mol. The van der Waals surface area contributed by atoms with E-state index in [4.69, 9.17) is 9.47 Å². The number of amides is 2. The van der Waals surface area contributed by atoms with Crippen LogP contribution in [0, 0.1) is 0 Å². The number of ether oxygens (including phenoxy) is 2. The maximum absolute atomic E-state index is 12.9. The van der Waals surface area contributed by atoms with Crippen molar-refractivity contribution in [1.82, 2.24) is 15.1 Å². The smallest absolute Gasteiger partial charge is 0.410 e. The Balaban J connectivity index is 1.94. The number of nitrogens with one attached hydrogen (secondary N) is 1. The fourth-order valence-electron chi connectivity index (χ4n) is 2.75. The summed E-state index contributed by atoms with van der Waals surface area (Å²) in [6, 6.07) is 0. The Labute approximate surface area is 153 Å². The summed E-state index contributed by atoms with van der Waals surface area (Å²) in [4.78, 5) is 39.5. The Kier molecular flexibility index (Phi) is 5.63. The number of hydrogen-bond acceptors (Lipinski definition) is 6. The van der Waals surface area contributed by atoms with E-state index in [0.717, 1.165) is 0 Å². The van der Waals surface area contributed by atoms with Crippen molar-refractivity contribution in [2.24, 2.45) is 0 Å². The highest BCUT2D eigenvalue weighted by atomic mass is 16.6. The lowest BCUT2D eigenvalue weighted by atomic mass is 9.97. The highest BCUT2D eigenvalue weighted by Gasteiger charge is 2.38. The summed E-state index contributed by atoms with van der Waals surface area (Å²) in [7, 11) is 0. The van der Waals surface area contributed by atoms with Crippen LogP contribution in [-0.2, 0) is 19.1 Å². The molecule has 2 amide bonds. The molecule has 26 heavy (non-hydrogen) atoms. The third-order valence-electron chi connectivity index (χ3n) is 3.98. The second-order valence-corrected chi connectivity index (χ2v) is 7.57. The van der Waals surface area contributed by atoms with Crippen LogP contribution in [0.25, 0.3) is 0 Å². The number of rotatable bonds is 2. The van der Waals surface area contributed by atoms with Crippen LogP contribution in [0.15, 0.2) is 24.1 Å². The molecule has 1 N–H and O–H groups in total. The molecule has 1 atom stereocenters. The third-order valence-corrected chi connectivity index (χ3v) is 3.98. The minimum Gasteiger partial charge on any atom is -0.444 e. The lowest BCUT2D eigenvalue weighted by molar-refractivity contribution is -0.141. The van der Waals surface area contributed by atoms with Crippen molar-refractivity contribution < 1.29 is 23.9 Å². The molecule has 144 valence electrons. The van der Waals surface area contributed by atoms with Gasteiger partial charge in [0.2, 0.25) is 0 Å². The van der Waals surface area contributed by atoms with Crippen LogP contribution in [0.3, 0.4) is 0 Å². The van der Waals surface area contributed by atoms with Crippen molar-refractivity contribution >= 4 is 18.0 Å². The summed E-state index contributed by atoms with van der Waals surface area (Å²) in [5, 5.41) is 2.96. The highest BCUT2D eigenvalue weighted by molar-refractivity contribution is 5.89. The Morgan fingerprint density at radius 2 is 1.69 bits per heavy atom. The van der Waals surface area contributed by atoms with E-state index in [1.54, 1.807) is 35.0 Å². The van der Waals surface area contributed by atoms with Crippen LogP contribution >= 0.6 is 0 Å². The molecule has 1 unspecified atom stereocenters. The van der Waals surface area contributed by atoms with Crippen molar-refractivity contribution in [3.05, 3.63) is 24.1 Å². The van der Waals surface area contributed by atoms with Gasteiger partial charge in [0.25, 0.3) is 5.91 Å². The number of piperazine rings is 1. The van der Waals surface area contributed by atoms with Gasteiger partial charge in [-0.3, -0.25) is 9.59 Å². The molecule has 8 nitrogen and oxygen atoms in total. The predicted octanol–water partition coefficient (Wildman–Crippen LogP) is 1.39. The van der Waals surface area contributed by atoms with Crippen molar-refractivity contribution in [3.8, 4) is 0 Å². The Morgan fingerprint density at radius 3 is 2.23 bits per heavy atom. The van der Waals surface area contributed by atoms with Gasteiger partial charge in [-0.15, -0.1) is 0 Å². The molecule has 0 aromatic rings. The molecular formula is C18H27N3O5. The Bertz CT molecular complexity index is 642. The molecule has 0 bridgehead atoms. The molecule has 2 rings (SSSR count). The van der Waals surface area contributed by atoms with Crippen LogP contribution in [0.5, 0.6) is 0 Å². The predicted molar refractivity (Wildman–Crippen MR) is 94.9 cm³/mol. The maximum Gasteiger partial charge on any atom is 0.410 e. The summed E-state index contributed by atoms with van der Waals surface area (Å²) in [6.07, 6.45) is 4.63. The summed E-state index contributed by atoms with van der Waals surface area (Å²) in [5.41, 5.74) is -1.55. The van der Waals surface area contributed by atoms with Gasteiger partial charge in [0.15, 0.2) is 5.88 Å². The number of nitrogens with zero attached hydrogens (tertiary/aromatic N) is 2. The quantitative estimate of drug-likeness (QED) is 0.744. The van der Waals surface area contributed by atoms with Crippen molar-refractivity contribution in [3.63, 3.8) is 0 Å². The van der Waals surface area contributed by atoms with Crippen LogP contribution in [-0.4, -0.2) is 65.1 Å². The van der Waals surface area contributed by atoms with Gasteiger partial charge in [-0.05, 0) is 39.8 Å². The van der Waals surface area contributed by atoms with Crippen LogP contribution in [0.1, 0.15) is 34.6 Å². The van der Waals surface area contributed by atoms with E-state index in [2.05, 4.69) is 5.32 Å². The van der Waals surface area contributed by atoms with Gasteiger partial charge in [0.1, 0.15) is 11.1 Å². The zero-order chi connectivity index (χ0) is 19.5. The average molecular weight is 365 g/mol. The molecule has 2 heterocycles. The lowest BCUT2D eigenvalue weighted by Gasteiger charge is -2.40. The van der Waals surface area contributed by atoms with E-state index in [1.807, 2.05) is 20.8 Å². The normalized spacial score (nSPS) is 23.0. The number of dihydropyridines is 1. The largest absolute Gasteiger partial charge is 0.444 e. The van der Waals surface area contributed by atoms with Crippen molar-refractivity contribution in [2.75, 3.05) is 26.2 Å². The summed E-state index contributed by atoms with van der Waals surface area (Å²) < 4.78 is 10.4. The number of hydrogen-bond donors (Lipinski definition) is 1. The first-order valence-electron chi connectivity index (χ1n) is 8.64. The fourth-order valence-corrected chi connectivity index (χ4v) is 2.75. The molecule has 0 aliphatic carbocycles. The van der Waals surface area contributed by atoms with E-state index in [9.17, 15) is 14.4 Å². The molecule has 0 saturated carbocycles. The highest BCUT2D eigenvalue weighted by Crippen LogP contribution is 2.20. The summed E-state index contributed by atoms with van der Waals surface area (Å²) >= 11 is 0. The van der Waals surface area contributed by atoms with Crippen molar-refractivity contribution in [2.45, 2.75) is 45.8 Å². The molecule has 0 aromatic carbocycles. The Morgan fingerprint density at radius 1 is 1.12 bits per heavy atom. The van der Waals surface area contributed by atoms with E-state index in [0.29, 0.717) is 26.2 Å². The van der Waals surface area contributed by atoms with Gasteiger partial charge in [0, 0.05) is 33.1 Å². The zero-order valence-corrected chi connectivity index (χ0v) is 16.0. The number of carbonyl (C=O) groups excluding carboxylic acids is 3. The van der Waals surface area contributed by atoms with Crippen LogP contribution in [0.4, 0.5) is 4.79 Å². The maximum atomic E-state index is 12.9. The lowest BCUT2D eigenvalue weighted by Crippen LogP contribution is -2.60. The van der Waals surface area contributed by atoms with Crippen LogP contribution in [0.2, 0.25) is 0 Å². The third kappa shape index (κ3) is 5.00. The van der Waals surface area contributed by atoms with Gasteiger partial charge in [-0.1, -0.05) is 6.08 Å². The second-order valence-electron chi connectivity index (χ2n) is 7.57. The SMILES string of the molecule is CC(=O)OC1=CC=CC(C)(C(=O)N2CCN(C(=O)OC(C)(C)C)CC2)N1. The van der Waals surface area contributed by atoms with Gasteiger partial charge in [0.05, 0.1) is 0 Å². The van der Waals surface area contributed by atoms with Gasteiger partial charge < -0.3 is 24.6 Å². The standard InChI is InChI=1S/C18H27N3O5/c1-13(22)25-14-7-6-8-18(5,19-14)15(23)20-9-11-21(12-10-20)16(24)26-17(2,3)4/h6-8,19H,9-12H2,1-5H3. The van der Waals surface area contributed by atoms with E-state index >= 15 is 0 Å². The molecule has 2 aliphatic rings. The first kappa shape index (κ1) is 19.8. The minimum atomic E-state index is -1.01. The Hall–Kier alpha value is -2.51. The minimum absolute atomic E-state index is 0.143. The summed E-state index contributed by atoms with van der Waals surface area (Å²) in [5.74, 6) is -0.363. The molecule has 0 aromatic heterocycles. The average Bonchev–Trinajstić information content (AvgIpc) is 2.52.